The van der Waals surface area contributed by atoms with Crippen molar-refractivity contribution < 1.29 is 9.53 Å². The number of ether oxygens (including phenoxy) is 1. The fourth-order valence-electron chi connectivity index (χ4n) is 2.85. The number of benzene rings is 2. The number of nitrogens with one attached hydrogen (secondary N) is 1. The molecule has 0 aliphatic rings. The average molecular weight is 449 g/mol. The molecule has 1 N–H and O–H groups in total. The van der Waals surface area contributed by atoms with Crippen LogP contribution in [0.3, 0.4) is 0 Å². The molecule has 144 valence electrons. The number of hydrogen-bond donors (Lipinski definition) is 1. The Kier molecular flexibility index (Phi) is 5.39. The molecule has 0 aliphatic heterocycles. The maximum atomic E-state index is 13.0. The van der Waals surface area contributed by atoms with Gasteiger partial charge in [0.1, 0.15) is 17.3 Å². The van der Waals surface area contributed by atoms with Crippen LogP contribution >= 0.6 is 15.9 Å². The first-order chi connectivity index (χ1) is 14.1. The summed E-state index contributed by atoms with van der Waals surface area (Å²) < 4.78 is 7.77. The highest BCUT2D eigenvalue weighted by Crippen LogP contribution is 2.26. The fourth-order valence-corrected chi connectivity index (χ4v) is 3.08. The number of hydrogen-bond acceptors (Lipinski definition) is 4. The number of amides is 1. The van der Waals surface area contributed by atoms with Gasteiger partial charge in [-0.25, -0.2) is 9.67 Å². The predicted molar refractivity (Wildman–Crippen MR) is 115 cm³/mol. The van der Waals surface area contributed by atoms with Crippen molar-refractivity contribution >= 4 is 27.7 Å². The molecule has 2 aromatic heterocycles. The van der Waals surface area contributed by atoms with Crippen LogP contribution in [0.5, 0.6) is 5.75 Å². The monoisotopic (exact) mass is 448 g/mol. The lowest BCUT2D eigenvalue weighted by atomic mass is 10.1. The molecule has 0 spiro atoms. The molecule has 4 rings (SSSR count). The van der Waals surface area contributed by atoms with E-state index in [2.05, 4.69) is 31.3 Å². The lowest BCUT2D eigenvalue weighted by Gasteiger charge is -2.05. The average Bonchev–Trinajstić information content (AvgIpc) is 3.22. The van der Waals surface area contributed by atoms with Gasteiger partial charge in [-0.2, -0.15) is 5.10 Å². The lowest BCUT2D eigenvalue weighted by molar-refractivity contribution is 0.102. The molecule has 2 heterocycles. The Morgan fingerprint density at radius 2 is 1.79 bits per heavy atom. The number of para-hydroxylation sites is 1. The maximum absolute atomic E-state index is 13.0. The number of nitrogens with zero attached hydrogens (tertiary/aromatic N) is 3. The van der Waals surface area contributed by atoms with Gasteiger partial charge in [0.05, 0.1) is 18.4 Å². The highest BCUT2D eigenvalue weighted by molar-refractivity contribution is 9.10. The normalized spacial score (nSPS) is 10.6. The van der Waals surface area contributed by atoms with Crippen molar-refractivity contribution in [3.8, 4) is 22.7 Å². The van der Waals surface area contributed by atoms with E-state index in [0.29, 0.717) is 17.1 Å². The Morgan fingerprint density at radius 3 is 2.45 bits per heavy atom. The highest BCUT2D eigenvalue weighted by Gasteiger charge is 2.19. The summed E-state index contributed by atoms with van der Waals surface area (Å²) in [4.78, 5) is 17.2. The first-order valence-electron chi connectivity index (χ1n) is 8.86. The Hall–Kier alpha value is -3.45. The van der Waals surface area contributed by atoms with Crippen molar-refractivity contribution in [1.82, 2.24) is 14.8 Å². The standard InChI is InChI=1S/C22H17BrN4O2/c1-29-18-10-7-15(8-11-18)21-19(14-27(26-21)17-5-3-2-4-6-17)22(28)25-20-12-9-16(23)13-24-20/h2-14H,1H3,(H,24,25,28). The predicted octanol–water partition coefficient (Wildman–Crippen LogP) is 4.96. The second-order valence-corrected chi connectivity index (χ2v) is 7.13. The quantitative estimate of drug-likeness (QED) is 0.468. The van der Waals surface area contributed by atoms with Crippen LogP contribution in [0.2, 0.25) is 0 Å². The fraction of sp³-hybridized carbons (Fsp3) is 0.0455. The topological polar surface area (TPSA) is 69.0 Å². The summed E-state index contributed by atoms with van der Waals surface area (Å²) >= 11 is 3.34. The van der Waals surface area contributed by atoms with E-state index in [9.17, 15) is 4.79 Å². The Balaban J connectivity index is 1.74. The van der Waals surface area contributed by atoms with Crippen LogP contribution in [-0.4, -0.2) is 27.8 Å². The third-order valence-electron chi connectivity index (χ3n) is 4.31. The van der Waals surface area contributed by atoms with Crippen molar-refractivity contribution in [1.29, 1.82) is 0 Å². The summed E-state index contributed by atoms with van der Waals surface area (Å²) in [6.45, 7) is 0. The first-order valence-corrected chi connectivity index (χ1v) is 9.66. The number of carbonyl (C=O) groups excluding carboxylic acids is 1. The van der Waals surface area contributed by atoms with Gasteiger partial charge in [0, 0.05) is 22.4 Å². The summed E-state index contributed by atoms with van der Waals surface area (Å²) in [5.74, 6) is 0.917. The van der Waals surface area contributed by atoms with Crippen molar-refractivity contribution in [2.45, 2.75) is 0 Å². The second kappa shape index (κ2) is 8.28. The minimum Gasteiger partial charge on any atom is -0.497 e. The molecule has 0 bridgehead atoms. The second-order valence-electron chi connectivity index (χ2n) is 6.22. The summed E-state index contributed by atoms with van der Waals surface area (Å²) in [5.41, 5.74) is 2.70. The van der Waals surface area contributed by atoms with Crippen molar-refractivity contribution in [2.24, 2.45) is 0 Å². The zero-order chi connectivity index (χ0) is 20.2. The molecule has 0 saturated carbocycles. The van der Waals surface area contributed by atoms with E-state index in [0.717, 1.165) is 21.5 Å². The zero-order valence-electron chi connectivity index (χ0n) is 15.5. The molecular formula is C22H17BrN4O2. The number of anilines is 1. The van der Waals surface area contributed by atoms with Crippen molar-refractivity contribution in [2.75, 3.05) is 12.4 Å². The van der Waals surface area contributed by atoms with Gasteiger partial charge in [-0.05, 0) is 64.5 Å². The molecular weight excluding hydrogens is 432 g/mol. The molecule has 0 fully saturated rings. The number of pyridine rings is 1. The molecule has 6 nitrogen and oxygen atoms in total. The van der Waals surface area contributed by atoms with Gasteiger partial charge >= 0.3 is 0 Å². The van der Waals surface area contributed by atoms with Crippen molar-refractivity contribution in [3.63, 3.8) is 0 Å². The van der Waals surface area contributed by atoms with Crippen LogP contribution in [0.4, 0.5) is 5.82 Å². The molecule has 0 unspecified atom stereocenters. The summed E-state index contributed by atoms with van der Waals surface area (Å²) in [7, 11) is 1.61. The number of carbonyl (C=O) groups is 1. The van der Waals surface area contributed by atoms with E-state index in [1.807, 2.05) is 60.7 Å². The van der Waals surface area contributed by atoms with Crippen LogP contribution in [0, 0.1) is 0 Å². The summed E-state index contributed by atoms with van der Waals surface area (Å²) in [5, 5.41) is 7.50. The molecule has 0 radical (unpaired) electrons. The van der Waals surface area contributed by atoms with Gasteiger partial charge in [0.25, 0.3) is 5.91 Å². The van der Waals surface area contributed by atoms with Gasteiger partial charge in [-0.3, -0.25) is 4.79 Å². The van der Waals surface area contributed by atoms with Gasteiger partial charge in [-0.1, -0.05) is 18.2 Å². The molecule has 7 heteroatoms. The van der Waals surface area contributed by atoms with E-state index >= 15 is 0 Å². The van der Waals surface area contributed by atoms with Crippen LogP contribution in [0.25, 0.3) is 16.9 Å². The number of aromatic nitrogens is 3. The van der Waals surface area contributed by atoms with Crippen LogP contribution in [0.15, 0.2) is 83.6 Å². The SMILES string of the molecule is COc1ccc(-c2nn(-c3ccccc3)cc2C(=O)Nc2ccc(Br)cn2)cc1. The van der Waals surface area contributed by atoms with E-state index in [1.165, 1.54) is 0 Å². The van der Waals surface area contributed by atoms with Crippen LogP contribution in [0.1, 0.15) is 10.4 Å². The smallest absolute Gasteiger partial charge is 0.260 e. The molecule has 0 atom stereocenters. The molecule has 0 saturated heterocycles. The maximum Gasteiger partial charge on any atom is 0.260 e. The molecule has 1 amide bonds. The van der Waals surface area contributed by atoms with Gasteiger partial charge in [0.15, 0.2) is 0 Å². The van der Waals surface area contributed by atoms with Crippen LogP contribution < -0.4 is 10.1 Å². The molecule has 4 aromatic rings. The van der Waals surface area contributed by atoms with E-state index in [4.69, 9.17) is 4.74 Å². The molecule has 29 heavy (non-hydrogen) atoms. The minimum atomic E-state index is -0.284. The number of rotatable bonds is 5. The largest absolute Gasteiger partial charge is 0.497 e. The van der Waals surface area contributed by atoms with Gasteiger partial charge < -0.3 is 10.1 Å². The number of halogens is 1. The third kappa shape index (κ3) is 4.20. The zero-order valence-corrected chi connectivity index (χ0v) is 17.1. The summed E-state index contributed by atoms with van der Waals surface area (Å²) in [6, 6.07) is 20.7. The van der Waals surface area contributed by atoms with E-state index < -0.39 is 0 Å². The molecule has 0 aliphatic carbocycles. The van der Waals surface area contributed by atoms with Gasteiger partial charge in [0.2, 0.25) is 0 Å². The highest BCUT2D eigenvalue weighted by atomic mass is 79.9. The van der Waals surface area contributed by atoms with E-state index in [1.54, 1.807) is 30.3 Å². The first kappa shape index (κ1) is 18.9. The Labute approximate surface area is 176 Å². The van der Waals surface area contributed by atoms with Crippen LogP contribution in [-0.2, 0) is 0 Å². The summed E-state index contributed by atoms with van der Waals surface area (Å²) in [6.07, 6.45) is 3.36. The van der Waals surface area contributed by atoms with Gasteiger partial charge in [-0.15, -0.1) is 0 Å². The Morgan fingerprint density at radius 1 is 1.03 bits per heavy atom. The van der Waals surface area contributed by atoms with Crippen molar-refractivity contribution in [3.05, 3.63) is 89.2 Å². The number of methoxy groups -OCH3 is 1. The third-order valence-corrected chi connectivity index (χ3v) is 4.78. The lowest BCUT2D eigenvalue weighted by Crippen LogP contribution is -2.13. The molecule has 2 aromatic carbocycles. The Bertz CT molecular complexity index is 1120. The minimum absolute atomic E-state index is 0.284. The van der Waals surface area contributed by atoms with E-state index in [-0.39, 0.29) is 5.91 Å².